The van der Waals surface area contributed by atoms with E-state index in [4.69, 9.17) is 5.73 Å². The smallest absolute Gasteiger partial charge is 0.320 e. The van der Waals surface area contributed by atoms with E-state index in [9.17, 15) is 17.6 Å². The minimum atomic E-state index is -4.71. The van der Waals surface area contributed by atoms with Gasteiger partial charge in [-0.05, 0) is 17.7 Å². The Labute approximate surface area is 106 Å². The van der Waals surface area contributed by atoms with Gasteiger partial charge in [0.15, 0.2) is 0 Å². The highest BCUT2D eigenvalue weighted by Crippen LogP contribution is 2.32. The van der Waals surface area contributed by atoms with Gasteiger partial charge in [0, 0.05) is 18.8 Å². The van der Waals surface area contributed by atoms with Crippen molar-refractivity contribution in [2.24, 2.45) is 12.8 Å². The second-order valence-corrected chi connectivity index (χ2v) is 4.16. The van der Waals surface area contributed by atoms with Gasteiger partial charge in [-0.15, -0.1) is 0 Å². The highest BCUT2D eigenvalue weighted by Gasteiger charge is 2.34. The number of hydrogen-bond acceptors (Lipinski definition) is 2. The fourth-order valence-corrected chi connectivity index (χ4v) is 1.75. The minimum absolute atomic E-state index is 0.263. The second-order valence-electron chi connectivity index (χ2n) is 4.16. The van der Waals surface area contributed by atoms with Crippen molar-refractivity contribution in [1.29, 1.82) is 0 Å². The van der Waals surface area contributed by atoms with Gasteiger partial charge in [-0.25, -0.2) is 4.39 Å². The maximum Gasteiger partial charge on any atom is 0.419 e. The van der Waals surface area contributed by atoms with Crippen molar-refractivity contribution in [1.82, 2.24) is 9.78 Å². The molecule has 0 amide bonds. The molecule has 1 aromatic carbocycles. The van der Waals surface area contributed by atoms with Gasteiger partial charge in [0.25, 0.3) is 0 Å². The molecule has 0 spiro atoms. The lowest BCUT2D eigenvalue weighted by Gasteiger charge is -2.13. The fraction of sp³-hybridized carbons (Fsp3) is 0.250. The predicted molar refractivity (Wildman–Crippen MR) is 60.6 cm³/mol. The van der Waals surface area contributed by atoms with Crippen LogP contribution in [0, 0.1) is 5.82 Å². The normalized spacial score (nSPS) is 13.6. The summed E-state index contributed by atoms with van der Waals surface area (Å²) in [5.41, 5.74) is 5.42. The second kappa shape index (κ2) is 4.65. The molecule has 19 heavy (non-hydrogen) atoms. The molecule has 0 aliphatic carbocycles. The van der Waals surface area contributed by atoms with E-state index in [-0.39, 0.29) is 5.56 Å². The molecule has 0 saturated carbocycles. The van der Waals surface area contributed by atoms with Crippen molar-refractivity contribution in [2.75, 3.05) is 0 Å². The molecule has 1 aromatic heterocycles. The van der Waals surface area contributed by atoms with E-state index in [1.54, 1.807) is 13.2 Å². The van der Waals surface area contributed by atoms with Crippen LogP contribution in [0.2, 0.25) is 0 Å². The molecular weight excluding hydrogens is 262 g/mol. The van der Waals surface area contributed by atoms with Gasteiger partial charge in [-0.3, -0.25) is 4.68 Å². The summed E-state index contributed by atoms with van der Waals surface area (Å²) in [6.07, 6.45) is -1.60. The van der Waals surface area contributed by atoms with Crippen molar-refractivity contribution in [3.8, 4) is 0 Å². The largest absolute Gasteiger partial charge is 0.419 e. The third kappa shape index (κ3) is 2.76. The van der Waals surface area contributed by atoms with Crippen LogP contribution in [0.1, 0.15) is 22.7 Å². The van der Waals surface area contributed by atoms with Crippen molar-refractivity contribution in [3.05, 3.63) is 53.1 Å². The van der Waals surface area contributed by atoms with Gasteiger partial charge in [-0.2, -0.15) is 18.3 Å². The number of halogens is 4. The van der Waals surface area contributed by atoms with E-state index in [0.717, 1.165) is 6.07 Å². The highest BCUT2D eigenvalue weighted by molar-refractivity contribution is 5.33. The summed E-state index contributed by atoms with van der Waals surface area (Å²) in [7, 11) is 1.68. The first-order valence-corrected chi connectivity index (χ1v) is 5.40. The molecule has 2 rings (SSSR count). The lowest BCUT2D eigenvalue weighted by molar-refractivity contribution is -0.140. The van der Waals surface area contributed by atoms with Crippen molar-refractivity contribution in [2.45, 2.75) is 12.2 Å². The average molecular weight is 273 g/mol. The zero-order valence-electron chi connectivity index (χ0n) is 9.95. The summed E-state index contributed by atoms with van der Waals surface area (Å²) in [5.74, 6) is -1.33. The van der Waals surface area contributed by atoms with Gasteiger partial charge < -0.3 is 5.73 Å². The summed E-state index contributed by atoms with van der Waals surface area (Å²) in [6, 6.07) is 1.95. The van der Waals surface area contributed by atoms with E-state index < -0.39 is 23.6 Å². The van der Waals surface area contributed by atoms with Crippen LogP contribution in [0.4, 0.5) is 17.6 Å². The SMILES string of the molecule is Cn1cc(C(N)c2ccc(C(F)(F)F)c(F)c2)cn1. The number of benzene rings is 1. The zero-order chi connectivity index (χ0) is 14.2. The first kappa shape index (κ1) is 13.5. The van der Waals surface area contributed by atoms with Crippen LogP contribution in [-0.4, -0.2) is 9.78 Å². The van der Waals surface area contributed by atoms with Crippen LogP contribution in [0.15, 0.2) is 30.6 Å². The van der Waals surface area contributed by atoms with E-state index in [1.165, 1.54) is 16.9 Å². The molecule has 102 valence electrons. The van der Waals surface area contributed by atoms with Crippen LogP contribution >= 0.6 is 0 Å². The summed E-state index contributed by atoms with van der Waals surface area (Å²) in [4.78, 5) is 0. The molecule has 2 N–H and O–H groups in total. The number of hydrogen-bond donors (Lipinski definition) is 1. The summed E-state index contributed by atoms with van der Waals surface area (Å²) < 4.78 is 52.2. The topological polar surface area (TPSA) is 43.8 Å². The molecule has 0 bridgehead atoms. The predicted octanol–water partition coefficient (Wildman–Crippen LogP) is 2.63. The van der Waals surface area contributed by atoms with Crippen LogP contribution in [0.3, 0.4) is 0 Å². The van der Waals surface area contributed by atoms with Gasteiger partial charge >= 0.3 is 6.18 Å². The zero-order valence-corrected chi connectivity index (χ0v) is 9.95. The monoisotopic (exact) mass is 273 g/mol. The first-order chi connectivity index (χ1) is 8.79. The van der Waals surface area contributed by atoms with E-state index in [2.05, 4.69) is 5.10 Å². The molecular formula is C12H11F4N3. The molecule has 0 radical (unpaired) electrons. The third-order valence-corrected chi connectivity index (χ3v) is 2.74. The number of nitrogens with two attached hydrogens (primary N) is 1. The van der Waals surface area contributed by atoms with Gasteiger partial charge in [0.2, 0.25) is 0 Å². The summed E-state index contributed by atoms with van der Waals surface area (Å²) in [6.45, 7) is 0. The Morgan fingerprint density at radius 2 is 1.95 bits per heavy atom. The Morgan fingerprint density at radius 1 is 1.26 bits per heavy atom. The van der Waals surface area contributed by atoms with Crippen molar-refractivity contribution >= 4 is 0 Å². The standard InChI is InChI=1S/C12H11F4N3/c1-19-6-8(5-18-19)11(17)7-2-3-9(10(13)4-7)12(14,15)16/h2-6,11H,17H2,1H3. The molecule has 0 aliphatic rings. The van der Waals surface area contributed by atoms with Crippen molar-refractivity contribution < 1.29 is 17.6 Å². The number of rotatable bonds is 2. The van der Waals surface area contributed by atoms with Crippen LogP contribution in [0.25, 0.3) is 0 Å². The highest BCUT2D eigenvalue weighted by atomic mass is 19.4. The lowest BCUT2D eigenvalue weighted by atomic mass is 10.0. The molecule has 2 aromatic rings. The molecule has 1 unspecified atom stereocenters. The van der Waals surface area contributed by atoms with Crippen molar-refractivity contribution in [3.63, 3.8) is 0 Å². The number of nitrogens with zero attached hydrogens (tertiary/aromatic N) is 2. The maximum absolute atomic E-state index is 13.4. The van der Waals surface area contributed by atoms with Crippen LogP contribution in [-0.2, 0) is 13.2 Å². The van der Waals surface area contributed by atoms with E-state index in [0.29, 0.717) is 11.6 Å². The maximum atomic E-state index is 13.4. The first-order valence-electron chi connectivity index (χ1n) is 5.40. The Kier molecular flexibility index (Phi) is 3.32. The number of alkyl halides is 3. The van der Waals surface area contributed by atoms with E-state index in [1.807, 2.05) is 0 Å². The van der Waals surface area contributed by atoms with Crippen LogP contribution in [0.5, 0.6) is 0 Å². The van der Waals surface area contributed by atoms with E-state index >= 15 is 0 Å². The molecule has 1 atom stereocenters. The average Bonchev–Trinajstić information content (AvgIpc) is 2.73. The molecule has 0 saturated heterocycles. The third-order valence-electron chi connectivity index (χ3n) is 2.74. The molecule has 1 heterocycles. The molecule has 3 nitrogen and oxygen atoms in total. The fourth-order valence-electron chi connectivity index (χ4n) is 1.75. The molecule has 0 aliphatic heterocycles. The van der Waals surface area contributed by atoms with Crippen LogP contribution < -0.4 is 5.73 Å². The quantitative estimate of drug-likeness (QED) is 0.855. The van der Waals surface area contributed by atoms with Gasteiger partial charge in [-0.1, -0.05) is 6.07 Å². The van der Waals surface area contributed by atoms with Gasteiger partial charge in [0.1, 0.15) is 5.82 Å². The Balaban J connectivity index is 2.35. The molecule has 0 fully saturated rings. The summed E-state index contributed by atoms with van der Waals surface area (Å²) in [5, 5.41) is 3.91. The Morgan fingerprint density at radius 3 is 2.42 bits per heavy atom. The Hall–Kier alpha value is -1.89. The summed E-state index contributed by atoms with van der Waals surface area (Å²) >= 11 is 0. The number of aromatic nitrogens is 2. The molecule has 7 heteroatoms. The lowest BCUT2D eigenvalue weighted by Crippen LogP contribution is -2.14. The van der Waals surface area contributed by atoms with Gasteiger partial charge in [0.05, 0.1) is 17.8 Å². The Bertz CT molecular complexity index is 589. The minimum Gasteiger partial charge on any atom is -0.320 e. The number of aryl methyl sites for hydroxylation is 1.